The summed E-state index contributed by atoms with van der Waals surface area (Å²) in [7, 11) is 0. The Morgan fingerprint density at radius 2 is 0.800 bits per heavy atom. The van der Waals surface area contributed by atoms with Crippen LogP contribution in [0.3, 0.4) is 0 Å². The minimum atomic E-state index is 0.640. The van der Waals surface area contributed by atoms with E-state index in [1.807, 2.05) is 72.9 Å². The predicted molar refractivity (Wildman–Crippen MR) is 205 cm³/mol. The molecule has 234 valence electrons. The molecule has 7 aromatic carbocycles. The van der Waals surface area contributed by atoms with Gasteiger partial charge in [0.05, 0.1) is 5.52 Å². The van der Waals surface area contributed by atoms with Gasteiger partial charge in [-0.1, -0.05) is 170 Å². The molecule has 0 aliphatic heterocycles. The molecule has 0 atom stereocenters. The van der Waals surface area contributed by atoms with Gasteiger partial charge in [-0.05, 0) is 44.7 Å². The molecule has 0 unspecified atom stereocenters. The van der Waals surface area contributed by atoms with E-state index in [0.29, 0.717) is 17.5 Å². The fourth-order valence-electron chi connectivity index (χ4n) is 6.71. The maximum Gasteiger partial charge on any atom is 0.164 e. The second-order valence-corrected chi connectivity index (χ2v) is 12.3. The van der Waals surface area contributed by atoms with Crippen molar-refractivity contribution in [1.29, 1.82) is 0 Å². The van der Waals surface area contributed by atoms with Crippen LogP contribution in [0, 0.1) is 0 Å². The zero-order valence-corrected chi connectivity index (χ0v) is 27.1. The van der Waals surface area contributed by atoms with E-state index in [0.717, 1.165) is 49.8 Å². The minimum absolute atomic E-state index is 0.640. The number of hydrogen-bond acceptors (Lipinski definition) is 4. The van der Waals surface area contributed by atoms with E-state index in [1.165, 1.54) is 21.9 Å². The van der Waals surface area contributed by atoms with Crippen molar-refractivity contribution in [3.8, 4) is 67.5 Å². The molecule has 0 saturated heterocycles. The summed E-state index contributed by atoms with van der Waals surface area (Å²) < 4.78 is 0. The quantitative estimate of drug-likeness (QED) is 0.182. The summed E-state index contributed by atoms with van der Waals surface area (Å²) >= 11 is 0. The van der Waals surface area contributed by atoms with Crippen LogP contribution in [0.15, 0.2) is 182 Å². The molecular formula is C46H30N4. The SMILES string of the molecule is c1ccc(-c2nc(-c3ccccc3)nc(-c3ccc(-c4ccc5ccccc5c4-c4ccc(-c5cccc6cccnc56)cc4)cc3)n2)cc1. The summed E-state index contributed by atoms with van der Waals surface area (Å²) in [4.78, 5) is 19.4. The van der Waals surface area contributed by atoms with Crippen molar-refractivity contribution in [3.63, 3.8) is 0 Å². The Hall–Kier alpha value is -6.78. The third kappa shape index (κ3) is 5.49. The lowest BCUT2D eigenvalue weighted by molar-refractivity contribution is 1.07. The molecule has 0 aliphatic carbocycles. The predicted octanol–water partition coefficient (Wildman–Crippen LogP) is 11.6. The molecule has 0 aliphatic rings. The molecule has 0 fully saturated rings. The van der Waals surface area contributed by atoms with Crippen molar-refractivity contribution in [3.05, 3.63) is 182 Å². The lowest BCUT2D eigenvalue weighted by Crippen LogP contribution is -2.00. The van der Waals surface area contributed by atoms with Crippen LogP contribution in [0.5, 0.6) is 0 Å². The molecule has 0 spiro atoms. The molecule has 2 aromatic heterocycles. The highest BCUT2D eigenvalue weighted by atomic mass is 15.0. The molecule has 0 bridgehead atoms. The molecule has 4 heteroatoms. The number of fused-ring (bicyclic) bond motifs is 2. The Balaban J connectivity index is 1.13. The maximum absolute atomic E-state index is 4.93. The topological polar surface area (TPSA) is 51.6 Å². The van der Waals surface area contributed by atoms with Gasteiger partial charge in [0.1, 0.15) is 0 Å². The van der Waals surface area contributed by atoms with Crippen molar-refractivity contribution in [2.45, 2.75) is 0 Å². The minimum Gasteiger partial charge on any atom is -0.256 e. The first kappa shape index (κ1) is 29.4. The van der Waals surface area contributed by atoms with Gasteiger partial charge in [-0.15, -0.1) is 0 Å². The van der Waals surface area contributed by atoms with E-state index in [-0.39, 0.29) is 0 Å². The zero-order chi connectivity index (χ0) is 33.3. The van der Waals surface area contributed by atoms with Gasteiger partial charge >= 0.3 is 0 Å². The van der Waals surface area contributed by atoms with Gasteiger partial charge in [0.15, 0.2) is 17.5 Å². The Bertz CT molecular complexity index is 2550. The third-order valence-electron chi connectivity index (χ3n) is 9.20. The highest BCUT2D eigenvalue weighted by molar-refractivity contribution is 6.04. The summed E-state index contributed by atoms with van der Waals surface area (Å²) in [6.45, 7) is 0. The number of hydrogen-bond donors (Lipinski definition) is 0. The van der Waals surface area contributed by atoms with E-state index in [4.69, 9.17) is 15.0 Å². The van der Waals surface area contributed by atoms with Crippen LogP contribution in [0.1, 0.15) is 0 Å². The molecule has 0 radical (unpaired) electrons. The van der Waals surface area contributed by atoms with Crippen molar-refractivity contribution in [2.75, 3.05) is 0 Å². The van der Waals surface area contributed by atoms with Crippen LogP contribution in [0.4, 0.5) is 0 Å². The van der Waals surface area contributed by atoms with Crippen molar-refractivity contribution >= 4 is 21.7 Å². The van der Waals surface area contributed by atoms with E-state index in [9.17, 15) is 0 Å². The molecule has 9 rings (SSSR count). The smallest absolute Gasteiger partial charge is 0.164 e. The molecule has 0 amide bonds. The number of rotatable bonds is 6. The first-order valence-electron chi connectivity index (χ1n) is 16.7. The summed E-state index contributed by atoms with van der Waals surface area (Å²) in [5.41, 5.74) is 10.8. The number of para-hydroxylation sites is 1. The monoisotopic (exact) mass is 638 g/mol. The second-order valence-electron chi connectivity index (χ2n) is 12.3. The van der Waals surface area contributed by atoms with Crippen LogP contribution in [0.2, 0.25) is 0 Å². The number of nitrogens with zero attached hydrogens (tertiary/aromatic N) is 4. The van der Waals surface area contributed by atoms with Crippen LogP contribution < -0.4 is 0 Å². The fraction of sp³-hybridized carbons (Fsp3) is 0. The van der Waals surface area contributed by atoms with Gasteiger partial charge in [-0.2, -0.15) is 0 Å². The highest BCUT2D eigenvalue weighted by Crippen LogP contribution is 2.40. The third-order valence-corrected chi connectivity index (χ3v) is 9.20. The first-order valence-corrected chi connectivity index (χ1v) is 16.7. The second kappa shape index (κ2) is 12.7. The number of benzene rings is 7. The van der Waals surface area contributed by atoms with Crippen LogP contribution in [-0.2, 0) is 0 Å². The Kier molecular flexibility index (Phi) is 7.45. The lowest BCUT2D eigenvalue weighted by Gasteiger charge is -2.15. The Labute approximate surface area is 290 Å². The van der Waals surface area contributed by atoms with Crippen LogP contribution in [0.25, 0.3) is 89.2 Å². The van der Waals surface area contributed by atoms with Crippen LogP contribution >= 0.6 is 0 Å². The lowest BCUT2D eigenvalue weighted by atomic mass is 9.88. The molecule has 9 aromatic rings. The number of aromatic nitrogens is 4. The van der Waals surface area contributed by atoms with Crippen molar-refractivity contribution in [1.82, 2.24) is 19.9 Å². The molecule has 2 heterocycles. The molecular weight excluding hydrogens is 609 g/mol. The largest absolute Gasteiger partial charge is 0.256 e. The summed E-state index contributed by atoms with van der Waals surface area (Å²) in [5, 5.41) is 3.56. The normalized spacial score (nSPS) is 11.2. The van der Waals surface area contributed by atoms with E-state index >= 15 is 0 Å². The highest BCUT2D eigenvalue weighted by Gasteiger charge is 2.15. The summed E-state index contributed by atoms with van der Waals surface area (Å²) in [6, 6.07) is 61.1. The van der Waals surface area contributed by atoms with Gasteiger partial charge in [0.2, 0.25) is 0 Å². The summed E-state index contributed by atoms with van der Waals surface area (Å²) in [5.74, 6) is 1.94. The molecule has 50 heavy (non-hydrogen) atoms. The average Bonchev–Trinajstić information content (AvgIpc) is 3.21. The van der Waals surface area contributed by atoms with E-state index < -0.39 is 0 Å². The number of pyridine rings is 1. The Morgan fingerprint density at radius 3 is 1.46 bits per heavy atom. The van der Waals surface area contributed by atoms with Gasteiger partial charge in [0, 0.05) is 33.8 Å². The molecule has 0 saturated carbocycles. The fourth-order valence-corrected chi connectivity index (χ4v) is 6.71. The maximum atomic E-state index is 4.93. The summed E-state index contributed by atoms with van der Waals surface area (Å²) in [6.07, 6.45) is 1.86. The molecule has 4 nitrogen and oxygen atoms in total. The zero-order valence-electron chi connectivity index (χ0n) is 27.1. The van der Waals surface area contributed by atoms with Crippen molar-refractivity contribution in [2.24, 2.45) is 0 Å². The molecule has 0 N–H and O–H groups in total. The van der Waals surface area contributed by atoms with Gasteiger partial charge in [0.25, 0.3) is 0 Å². The standard InChI is InChI=1S/C46H30N4/c1-3-12-36(13-4-1)44-48-45(37-14-5-2-6-15-37)50-46(49-44)38-26-22-32(23-27-38)40-29-28-31-11-7-8-18-39(31)42(40)34-24-20-33(21-25-34)41-19-9-16-35-17-10-30-47-43(35)41/h1-30H. The van der Waals surface area contributed by atoms with Crippen LogP contribution in [-0.4, -0.2) is 19.9 Å². The van der Waals surface area contributed by atoms with Gasteiger partial charge < -0.3 is 0 Å². The average molecular weight is 639 g/mol. The van der Waals surface area contributed by atoms with Gasteiger partial charge in [-0.3, -0.25) is 4.98 Å². The van der Waals surface area contributed by atoms with E-state index in [2.05, 4.69) is 114 Å². The first-order chi connectivity index (χ1) is 24.8. The van der Waals surface area contributed by atoms with Crippen molar-refractivity contribution < 1.29 is 0 Å². The van der Waals surface area contributed by atoms with Gasteiger partial charge in [-0.25, -0.2) is 15.0 Å². The Morgan fingerprint density at radius 1 is 0.300 bits per heavy atom. The van der Waals surface area contributed by atoms with E-state index in [1.54, 1.807) is 0 Å².